The van der Waals surface area contributed by atoms with E-state index in [4.69, 9.17) is 5.73 Å². The van der Waals surface area contributed by atoms with Crippen LogP contribution >= 0.6 is 12.4 Å². The number of aryl methyl sites for hydroxylation is 1. The number of para-hydroxylation sites is 1. The number of anilines is 3. The van der Waals surface area contributed by atoms with Crippen LogP contribution in [0.3, 0.4) is 0 Å². The van der Waals surface area contributed by atoms with Crippen molar-refractivity contribution in [2.45, 2.75) is 18.9 Å². The zero-order valence-electron chi connectivity index (χ0n) is 17.3. The average molecular weight is 452 g/mol. The zero-order valence-corrected chi connectivity index (χ0v) is 18.1. The topological polar surface area (TPSA) is 104 Å². The van der Waals surface area contributed by atoms with Crippen LogP contribution in [0.1, 0.15) is 18.9 Å². The molecule has 2 aromatic heterocycles. The molecule has 1 aliphatic carbocycles. The minimum absolute atomic E-state index is 0. The number of hydrogen-bond donors (Lipinski definition) is 2. The summed E-state index contributed by atoms with van der Waals surface area (Å²) in [6.07, 6.45) is 1.56. The number of rotatable bonds is 4. The summed E-state index contributed by atoms with van der Waals surface area (Å²) in [7, 11) is 1.57. The fourth-order valence-electron chi connectivity index (χ4n) is 3.85. The molecule has 1 saturated carbocycles. The van der Waals surface area contributed by atoms with Crippen LogP contribution in [0, 0.1) is 0 Å². The van der Waals surface area contributed by atoms with Crippen molar-refractivity contribution in [1.29, 1.82) is 0 Å². The highest BCUT2D eigenvalue weighted by molar-refractivity contribution is 5.91. The maximum absolute atomic E-state index is 13.5. The highest BCUT2D eigenvalue weighted by Gasteiger charge is 2.30. The number of nitrogens with two attached hydrogens (primary N) is 1. The predicted octanol–water partition coefficient (Wildman–Crippen LogP) is 2.93. The Morgan fingerprint density at radius 1 is 0.969 bits per heavy atom. The Labute approximate surface area is 188 Å². The van der Waals surface area contributed by atoms with Gasteiger partial charge >= 0.3 is 5.69 Å². The number of aromatic nitrogens is 3. The molecule has 32 heavy (non-hydrogen) atoms. The first kappa shape index (κ1) is 21.5. The van der Waals surface area contributed by atoms with Crippen LogP contribution in [0.2, 0.25) is 0 Å². The number of benzene rings is 2. The van der Waals surface area contributed by atoms with E-state index < -0.39 is 11.2 Å². The monoisotopic (exact) mass is 451 g/mol. The lowest BCUT2D eigenvalue weighted by atomic mass is 10.2. The fraction of sp³-hybridized carbons (Fsp3) is 0.174. The lowest BCUT2D eigenvalue weighted by molar-refractivity contribution is 0.637. The van der Waals surface area contributed by atoms with Gasteiger partial charge in [-0.3, -0.25) is 18.7 Å². The summed E-state index contributed by atoms with van der Waals surface area (Å²) in [6, 6.07) is 17.3. The highest BCUT2D eigenvalue weighted by Crippen LogP contribution is 2.33. The molecule has 0 bridgehead atoms. The maximum Gasteiger partial charge on any atom is 0.337 e. The Balaban J connectivity index is 0.00000245. The molecule has 3 N–H and O–H groups in total. The largest absolute Gasteiger partial charge is 0.399 e. The van der Waals surface area contributed by atoms with E-state index in [1.54, 1.807) is 43.4 Å². The Hall–Kier alpha value is -3.78. The summed E-state index contributed by atoms with van der Waals surface area (Å²) in [5.41, 5.74) is 7.07. The summed E-state index contributed by atoms with van der Waals surface area (Å²) in [4.78, 5) is 39.8. The lowest BCUT2D eigenvalue weighted by Crippen LogP contribution is -2.41. The highest BCUT2D eigenvalue weighted by atomic mass is 35.5. The molecule has 8 nitrogen and oxygen atoms in total. The van der Waals surface area contributed by atoms with Crippen LogP contribution in [-0.4, -0.2) is 13.7 Å². The van der Waals surface area contributed by atoms with Crippen LogP contribution in [0.15, 0.2) is 75.0 Å². The first-order valence-electron chi connectivity index (χ1n) is 10.0. The number of nitrogen functional groups attached to an aromatic ring is 1. The Morgan fingerprint density at radius 3 is 2.25 bits per heavy atom. The standard InChI is InChI=1S/C23H21N5O3.ClH/c1-26-19(29)13-18(25-15-9-7-14(24)8-10-15)20-21(26)27(16-5-3-2-4-6-16)23(31)28(22(20)30)17-11-12-17;/h2-10,13,17,25H,11-12,24H2,1H3;1H. The molecular weight excluding hydrogens is 430 g/mol. The van der Waals surface area contributed by atoms with Crippen molar-refractivity contribution in [3.05, 3.63) is 91.9 Å². The Bertz CT molecular complexity index is 1480. The van der Waals surface area contributed by atoms with E-state index in [1.807, 2.05) is 18.2 Å². The van der Waals surface area contributed by atoms with Crippen LogP contribution in [-0.2, 0) is 7.05 Å². The molecule has 1 aliphatic rings. The van der Waals surface area contributed by atoms with E-state index in [-0.39, 0.29) is 35.0 Å². The van der Waals surface area contributed by atoms with E-state index in [0.29, 0.717) is 22.7 Å². The van der Waals surface area contributed by atoms with Crippen LogP contribution < -0.4 is 27.9 Å². The van der Waals surface area contributed by atoms with Gasteiger partial charge in [-0.05, 0) is 49.2 Å². The number of pyridine rings is 1. The van der Waals surface area contributed by atoms with Gasteiger partial charge in [0.2, 0.25) is 0 Å². The minimum Gasteiger partial charge on any atom is -0.399 e. The molecule has 2 aromatic carbocycles. The summed E-state index contributed by atoms with van der Waals surface area (Å²) >= 11 is 0. The molecule has 0 saturated heterocycles. The van der Waals surface area contributed by atoms with Gasteiger partial charge in [0.15, 0.2) is 0 Å². The maximum atomic E-state index is 13.5. The van der Waals surface area contributed by atoms with Gasteiger partial charge in [-0.25, -0.2) is 9.36 Å². The van der Waals surface area contributed by atoms with Gasteiger partial charge in [0.1, 0.15) is 11.0 Å². The summed E-state index contributed by atoms with van der Waals surface area (Å²) in [5, 5.41) is 3.46. The Kier molecular flexibility index (Phi) is 5.40. The Morgan fingerprint density at radius 2 is 1.62 bits per heavy atom. The molecule has 0 atom stereocenters. The molecule has 4 aromatic rings. The predicted molar refractivity (Wildman–Crippen MR) is 129 cm³/mol. The number of nitrogens with one attached hydrogen (secondary N) is 1. The number of hydrogen-bond acceptors (Lipinski definition) is 5. The first-order valence-corrected chi connectivity index (χ1v) is 10.0. The molecule has 0 amide bonds. The van der Waals surface area contributed by atoms with Gasteiger partial charge in [-0.2, -0.15) is 0 Å². The third-order valence-electron chi connectivity index (χ3n) is 5.57. The molecule has 0 unspecified atom stereocenters. The average Bonchev–Trinajstić information content (AvgIpc) is 3.59. The zero-order chi connectivity index (χ0) is 21.7. The molecule has 2 heterocycles. The minimum atomic E-state index is -0.439. The van der Waals surface area contributed by atoms with Gasteiger partial charge in [-0.15, -0.1) is 12.4 Å². The molecule has 9 heteroatoms. The molecule has 0 aliphatic heterocycles. The summed E-state index contributed by atoms with van der Waals surface area (Å²) in [5.74, 6) is 0. The molecule has 0 radical (unpaired) electrons. The van der Waals surface area contributed by atoms with Crippen molar-refractivity contribution >= 4 is 40.5 Å². The van der Waals surface area contributed by atoms with Crippen LogP contribution in [0.5, 0.6) is 0 Å². The van der Waals surface area contributed by atoms with E-state index in [2.05, 4.69) is 5.32 Å². The first-order chi connectivity index (χ1) is 15.0. The van der Waals surface area contributed by atoms with Crippen molar-refractivity contribution in [3.8, 4) is 5.69 Å². The van der Waals surface area contributed by atoms with E-state index in [9.17, 15) is 14.4 Å². The van der Waals surface area contributed by atoms with Crippen molar-refractivity contribution in [1.82, 2.24) is 13.7 Å². The van der Waals surface area contributed by atoms with Gasteiger partial charge in [0, 0.05) is 30.5 Å². The van der Waals surface area contributed by atoms with Crippen LogP contribution in [0.4, 0.5) is 17.1 Å². The van der Waals surface area contributed by atoms with E-state index >= 15 is 0 Å². The third kappa shape index (κ3) is 3.48. The second-order valence-electron chi connectivity index (χ2n) is 7.76. The van der Waals surface area contributed by atoms with Crippen molar-refractivity contribution in [2.75, 3.05) is 11.1 Å². The second-order valence-corrected chi connectivity index (χ2v) is 7.76. The normalized spacial score (nSPS) is 13.0. The van der Waals surface area contributed by atoms with E-state index in [0.717, 1.165) is 12.8 Å². The molecule has 1 fully saturated rings. The van der Waals surface area contributed by atoms with Crippen molar-refractivity contribution in [2.24, 2.45) is 7.05 Å². The molecule has 0 spiro atoms. The second kappa shape index (κ2) is 8.05. The quantitative estimate of drug-likeness (QED) is 0.464. The molecular formula is C23H22ClN5O3. The number of fused-ring (bicyclic) bond motifs is 1. The van der Waals surface area contributed by atoms with Crippen molar-refractivity contribution in [3.63, 3.8) is 0 Å². The molecule has 164 valence electrons. The summed E-state index contributed by atoms with van der Waals surface area (Å²) in [6.45, 7) is 0. The van der Waals surface area contributed by atoms with Crippen LogP contribution in [0.25, 0.3) is 16.7 Å². The SMILES string of the molecule is Cl.Cn1c(=O)cc(Nc2ccc(N)cc2)c2c(=O)n(C3CC3)c(=O)n(-c3ccccc3)c21. The van der Waals surface area contributed by atoms with Gasteiger partial charge < -0.3 is 11.1 Å². The van der Waals surface area contributed by atoms with Crippen molar-refractivity contribution < 1.29 is 0 Å². The van der Waals surface area contributed by atoms with E-state index in [1.165, 1.54) is 19.8 Å². The molecule has 5 rings (SSSR count). The van der Waals surface area contributed by atoms with Gasteiger partial charge in [0.05, 0.1) is 11.4 Å². The fourth-order valence-corrected chi connectivity index (χ4v) is 3.85. The van der Waals surface area contributed by atoms with Gasteiger partial charge in [0.25, 0.3) is 11.1 Å². The number of nitrogens with zero attached hydrogens (tertiary/aromatic N) is 3. The van der Waals surface area contributed by atoms with Gasteiger partial charge in [-0.1, -0.05) is 18.2 Å². The third-order valence-corrected chi connectivity index (χ3v) is 5.57. The number of halogens is 1. The smallest absolute Gasteiger partial charge is 0.337 e. The summed E-state index contributed by atoms with van der Waals surface area (Å²) < 4.78 is 4.11. The lowest BCUT2D eigenvalue weighted by Gasteiger charge is -2.18.